The van der Waals surface area contributed by atoms with Crippen LogP contribution in [0.2, 0.25) is 0 Å². The number of aliphatic hydroxyl groups excluding tert-OH is 1. The number of carbonyl (C=O) groups excluding carboxylic acids is 2. The van der Waals surface area contributed by atoms with Crippen molar-refractivity contribution < 1.29 is 43.9 Å². The van der Waals surface area contributed by atoms with Gasteiger partial charge >= 0.3 is 49.7 Å². The van der Waals surface area contributed by atoms with Gasteiger partial charge in [-0.2, -0.15) is 0 Å². The van der Waals surface area contributed by atoms with Crippen LogP contribution in [0.3, 0.4) is 0 Å². The van der Waals surface area contributed by atoms with Crippen molar-refractivity contribution in [3.05, 3.63) is 58.7 Å². The van der Waals surface area contributed by atoms with Crippen molar-refractivity contribution in [3.8, 4) is 11.5 Å². The van der Waals surface area contributed by atoms with Gasteiger partial charge in [0, 0.05) is 16.5 Å². The van der Waals surface area contributed by atoms with Crippen LogP contribution in [0, 0.1) is 0 Å². The van der Waals surface area contributed by atoms with Gasteiger partial charge in [-0.05, 0) is 24.3 Å². The fourth-order valence-electron chi connectivity index (χ4n) is 2.51. The molecule has 2 aromatic rings. The average Bonchev–Trinajstić information content (AvgIpc) is 3.14. The van der Waals surface area contributed by atoms with Gasteiger partial charge in [-0.25, -0.2) is 9.59 Å². The normalized spacial score (nSPS) is 10.1. The summed E-state index contributed by atoms with van der Waals surface area (Å²) >= 11 is 3.31. The van der Waals surface area contributed by atoms with Crippen LogP contribution in [0.15, 0.2) is 36.4 Å². The maximum atomic E-state index is 11.4. The van der Waals surface area contributed by atoms with Crippen LogP contribution >= 0.6 is 15.9 Å². The molecule has 2 aromatic carbocycles. The number of hydrogen-bond donors (Lipinski definition) is 1. The SMILES string of the molecule is COC(=O)c1cccc(OC)c1CBr.COc1cccc2c1COC2=O.O=[C-]O.[Ca+2].[OH-]. The van der Waals surface area contributed by atoms with Crippen molar-refractivity contribution >= 4 is 72.1 Å². The minimum absolute atomic E-state index is 0. The number of alkyl halides is 1. The Morgan fingerprint density at radius 3 is 2.19 bits per heavy atom. The smallest absolute Gasteiger partial charge is 0.870 e. The number of methoxy groups -OCH3 is 3. The molecule has 11 heteroatoms. The van der Waals surface area contributed by atoms with Crippen LogP contribution in [-0.2, 0) is 26.2 Å². The zero-order valence-corrected chi connectivity index (χ0v) is 21.0. The van der Waals surface area contributed by atoms with Gasteiger partial charge in [0.2, 0.25) is 0 Å². The van der Waals surface area contributed by atoms with E-state index in [1.165, 1.54) is 7.11 Å². The van der Waals surface area contributed by atoms with Crippen LogP contribution in [0.4, 0.5) is 0 Å². The van der Waals surface area contributed by atoms with Gasteiger partial charge in [0.05, 0.1) is 32.5 Å². The summed E-state index contributed by atoms with van der Waals surface area (Å²) in [6.07, 6.45) is 0. The van der Waals surface area contributed by atoms with Crippen molar-refractivity contribution in [2.24, 2.45) is 0 Å². The Hall–Kier alpha value is -1.85. The Morgan fingerprint density at radius 1 is 1.13 bits per heavy atom. The first-order chi connectivity index (χ1) is 14.0. The minimum atomic E-state index is -0.349. The Bertz CT molecular complexity index is 859. The number of cyclic esters (lactones) is 1. The zero-order chi connectivity index (χ0) is 21.8. The van der Waals surface area contributed by atoms with Crippen LogP contribution in [0.5, 0.6) is 11.5 Å². The number of halogens is 1. The summed E-state index contributed by atoms with van der Waals surface area (Å²) in [7, 11) is 4.51. The van der Waals surface area contributed by atoms with Crippen LogP contribution in [0.1, 0.15) is 31.8 Å². The number of benzene rings is 2. The Kier molecular flexibility index (Phi) is 17.0. The average molecular weight is 525 g/mol. The second-order valence-corrected chi connectivity index (χ2v) is 5.83. The first kappa shape index (κ1) is 31.3. The van der Waals surface area contributed by atoms with E-state index in [1.807, 2.05) is 12.1 Å². The third-order valence-corrected chi connectivity index (χ3v) is 4.37. The molecule has 9 nitrogen and oxygen atoms in total. The summed E-state index contributed by atoms with van der Waals surface area (Å²) in [5, 5.41) is 7.32. The van der Waals surface area contributed by atoms with Crippen LogP contribution < -0.4 is 9.47 Å². The molecule has 0 aliphatic carbocycles. The molecule has 0 saturated carbocycles. The molecule has 0 bridgehead atoms. The van der Waals surface area contributed by atoms with E-state index in [9.17, 15) is 9.59 Å². The second kappa shape index (κ2) is 16.8. The van der Waals surface area contributed by atoms with Crippen molar-refractivity contribution in [1.82, 2.24) is 0 Å². The molecule has 0 spiro atoms. The molecule has 0 saturated heterocycles. The standard InChI is InChI=1S/C10H11BrO3.C9H8O3.CHO2.Ca.H2O/c1-13-9-5-3-4-7(8(9)6-11)10(12)14-2;1-11-8-4-2-3-6-7(8)5-12-9(6)10;2-1-3;;/h3-5H,6H2,1-2H3;2-4H,5H2,1H3;(H,2,3);;1H2/q;;-1;+2;/p-1. The van der Waals surface area contributed by atoms with Gasteiger partial charge in [0.15, 0.2) is 0 Å². The largest absolute Gasteiger partial charge is 2.00 e. The van der Waals surface area contributed by atoms with Crippen LogP contribution in [-0.4, -0.2) is 88.1 Å². The molecular formula is C20H21BrCaO9. The van der Waals surface area contributed by atoms with E-state index in [0.29, 0.717) is 35.3 Å². The fourth-order valence-corrected chi connectivity index (χ4v) is 3.09. The van der Waals surface area contributed by atoms with E-state index in [2.05, 4.69) is 20.7 Å². The molecule has 2 N–H and O–H groups in total. The summed E-state index contributed by atoms with van der Waals surface area (Å²) in [5.41, 5.74) is 2.81. The van der Waals surface area contributed by atoms with Gasteiger partial charge in [0.25, 0.3) is 0 Å². The van der Waals surface area contributed by atoms with Crippen molar-refractivity contribution in [2.75, 3.05) is 21.3 Å². The second-order valence-electron chi connectivity index (χ2n) is 5.27. The Balaban J connectivity index is 0. The van der Waals surface area contributed by atoms with E-state index in [1.54, 1.807) is 38.5 Å². The molecular weight excluding hydrogens is 504 g/mol. The van der Waals surface area contributed by atoms with Crippen molar-refractivity contribution in [2.45, 2.75) is 11.9 Å². The maximum absolute atomic E-state index is 11.4. The minimum Gasteiger partial charge on any atom is -0.870 e. The number of rotatable bonds is 4. The zero-order valence-electron chi connectivity index (χ0n) is 17.2. The number of hydrogen-bond acceptors (Lipinski definition) is 8. The molecule has 0 unspecified atom stereocenters. The van der Waals surface area contributed by atoms with Gasteiger partial charge in [-0.3, -0.25) is 0 Å². The molecule has 0 fully saturated rings. The molecule has 1 aliphatic heterocycles. The molecule has 0 aromatic heterocycles. The summed E-state index contributed by atoms with van der Waals surface area (Å²) in [4.78, 5) is 30.7. The Morgan fingerprint density at radius 2 is 1.68 bits per heavy atom. The third-order valence-electron chi connectivity index (χ3n) is 3.81. The van der Waals surface area contributed by atoms with Gasteiger partial charge < -0.3 is 34.3 Å². The predicted octanol–water partition coefficient (Wildman–Crippen LogP) is 2.80. The number of fused-ring (bicyclic) bond motifs is 1. The number of esters is 2. The molecule has 0 atom stereocenters. The van der Waals surface area contributed by atoms with E-state index >= 15 is 0 Å². The Labute approximate surface area is 218 Å². The predicted molar refractivity (Wildman–Crippen MR) is 115 cm³/mol. The summed E-state index contributed by atoms with van der Waals surface area (Å²) in [6, 6.07) is 10.6. The van der Waals surface area contributed by atoms with E-state index in [-0.39, 0.29) is 55.2 Å². The van der Waals surface area contributed by atoms with Crippen LogP contribution in [0.25, 0.3) is 0 Å². The van der Waals surface area contributed by atoms with E-state index in [0.717, 1.165) is 16.9 Å². The molecule has 31 heavy (non-hydrogen) atoms. The first-order valence-corrected chi connectivity index (χ1v) is 9.25. The maximum Gasteiger partial charge on any atom is 2.00 e. The monoisotopic (exact) mass is 524 g/mol. The third kappa shape index (κ3) is 8.66. The fraction of sp³-hybridized carbons (Fsp3) is 0.250. The van der Waals surface area contributed by atoms with Gasteiger partial charge in [-0.15, -0.1) is 0 Å². The number of ether oxygens (including phenoxy) is 4. The van der Waals surface area contributed by atoms with E-state index < -0.39 is 0 Å². The molecule has 1 heterocycles. The van der Waals surface area contributed by atoms with E-state index in [4.69, 9.17) is 24.1 Å². The van der Waals surface area contributed by atoms with Crippen molar-refractivity contribution in [3.63, 3.8) is 0 Å². The van der Waals surface area contributed by atoms with Crippen molar-refractivity contribution in [1.29, 1.82) is 0 Å². The number of carbonyl (C=O) groups is 2. The topological polar surface area (TPSA) is 138 Å². The molecule has 0 radical (unpaired) electrons. The summed E-state index contributed by atoms with van der Waals surface area (Å²) in [6.45, 7) is 0.832. The molecule has 164 valence electrons. The van der Waals surface area contributed by atoms with Gasteiger partial charge in [-0.1, -0.05) is 34.5 Å². The first-order valence-electron chi connectivity index (χ1n) is 8.13. The quantitative estimate of drug-likeness (QED) is 0.276. The summed E-state index contributed by atoms with van der Waals surface area (Å²) in [5.74, 6) is 0.797. The molecule has 0 amide bonds. The summed E-state index contributed by atoms with van der Waals surface area (Å²) < 4.78 is 19.7. The molecule has 1 aliphatic rings. The van der Waals surface area contributed by atoms with Gasteiger partial charge in [0.1, 0.15) is 18.1 Å². The molecule has 3 rings (SSSR count).